The number of imide groups is 1. The molecule has 1 heterocycles. The number of nitrogens with zero attached hydrogens (tertiary/aromatic N) is 2. The Kier molecular flexibility index (Phi) is 5.70. The van der Waals surface area contributed by atoms with E-state index < -0.39 is 41.9 Å². The minimum atomic E-state index is -0.731. The Balaban J connectivity index is 1.50. The van der Waals surface area contributed by atoms with Crippen LogP contribution in [0, 0.1) is 23.7 Å². The first kappa shape index (κ1) is 22.6. The Morgan fingerprint density at radius 1 is 1.00 bits per heavy atom. The molecule has 0 N–H and O–H groups in total. The largest absolute Gasteiger partial charge is 0.497 e. The molecule has 7 nitrogen and oxygen atoms in total. The fraction of sp³-hybridized carbons (Fsp3) is 0.280. The second-order valence-electron chi connectivity index (χ2n) is 8.63. The van der Waals surface area contributed by atoms with E-state index in [0.29, 0.717) is 16.3 Å². The van der Waals surface area contributed by atoms with Crippen molar-refractivity contribution in [2.24, 2.45) is 23.7 Å². The Morgan fingerprint density at radius 2 is 1.62 bits per heavy atom. The van der Waals surface area contributed by atoms with E-state index in [1.54, 1.807) is 24.3 Å². The molecule has 2 fully saturated rings. The molecule has 2 aliphatic carbocycles. The number of amides is 3. The standard InChI is InChI=1S/C25H20Cl2N2O5/c1-34-17-7-4-13(5-8-17)20(30)12-28(23(31)18-9-6-16(26)11-19(18)27)29-24(32)21-14-2-3-15(10-14)22(21)25(29)33/h2-9,11,14-15,21-22H,10,12H2,1H3/t14-,15-,21+,22+/m0/s1. The van der Waals surface area contributed by atoms with E-state index in [4.69, 9.17) is 27.9 Å². The van der Waals surface area contributed by atoms with Crippen LogP contribution in [-0.4, -0.2) is 47.2 Å². The van der Waals surface area contributed by atoms with E-state index in [9.17, 15) is 19.2 Å². The van der Waals surface area contributed by atoms with Gasteiger partial charge in [0.2, 0.25) is 0 Å². The molecule has 3 aliphatic rings. The highest BCUT2D eigenvalue weighted by molar-refractivity contribution is 6.36. The molecule has 1 saturated carbocycles. The molecule has 0 unspecified atom stereocenters. The SMILES string of the molecule is COc1ccc(C(=O)CN(C(=O)c2ccc(Cl)cc2Cl)N2C(=O)[C@H]3[C@H](C2=O)[C@H]2C=C[C@H]3C2)cc1. The summed E-state index contributed by atoms with van der Waals surface area (Å²) in [5.74, 6) is -2.65. The molecule has 1 saturated heterocycles. The molecule has 1 aliphatic heterocycles. The number of carbonyl (C=O) groups excluding carboxylic acids is 4. The highest BCUT2D eigenvalue weighted by Crippen LogP contribution is 2.52. The summed E-state index contributed by atoms with van der Waals surface area (Å²) in [5, 5.41) is 2.16. The molecule has 2 aromatic carbocycles. The first-order chi connectivity index (χ1) is 16.3. The van der Waals surface area contributed by atoms with E-state index in [-0.39, 0.29) is 22.4 Å². The van der Waals surface area contributed by atoms with Crippen LogP contribution in [0.4, 0.5) is 0 Å². The van der Waals surface area contributed by atoms with Gasteiger partial charge in [0, 0.05) is 10.6 Å². The van der Waals surface area contributed by atoms with Gasteiger partial charge < -0.3 is 4.74 Å². The maximum atomic E-state index is 13.6. The van der Waals surface area contributed by atoms with Crippen LogP contribution in [-0.2, 0) is 9.59 Å². The number of methoxy groups -OCH3 is 1. The lowest BCUT2D eigenvalue weighted by Gasteiger charge is -2.31. The van der Waals surface area contributed by atoms with Gasteiger partial charge in [-0.2, -0.15) is 5.01 Å². The molecule has 0 radical (unpaired) electrons. The summed E-state index contributed by atoms with van der Waals surface area (Å²) in [6, 6.07) is 10.7. The highest BCUT2D eigenvalue weighted by atomic mass is 35.5. The van der Waals surface area contributed by atoms with Crippen LogP contribution >= 0.6 is 23.2 Å². The number of ether oxygens (including phenoxy) is 1. The number of rotatable bonds is 6. The summed E-state index contributed by atoms with van der Waals surface area (Å²) in [5.41, 5.74) is 0.342. The van der Waals surface area contributed by atoms with Crippen molar-refractivity contribution in [3.63, 3.8) is 0 Å². The number of ketones is 1. The molecule has 5 rings (SSSR count). The van der Waals surface area contributed by atoms with Gasteiger partial charge >= 0.3 is 0 Å². The summed E-state index contributed by atoms with van der Waals surface area (Å²) in [6.45, 7) is -0.510. The number of Topliss-reactive ketones (excluding diaryl/α,β-unsaturated/α-hetero) is 1. The van der Waals surface area contributed by atoms with Crippen molar-refractivity contribution in [3.8, 4) is 5.75 Å². The normalized spacial score (nSPS) is 24.5. The molecule has 4 atom stereocenters. The fourth-order valence-electron chi connectivity index (χ4n) is 5.16. The zero-order chi connectivity index (χ0) is 24.1. The highest BCUT2D eigenvalue weighted by Gasteiger charge is 2.61. The molecule has 3 amide bonds. The van der Waals surface area contributed by atoms with Crippen LogP contribution < -0.4 is 4.74 Å². The lowest BCUT2D eigenvalue weighted by molar-refractivity contribution is -0.154. The monoisotopic (exact) mass is 498 g/mol. The number of halogens is 2. The van der Waals surface area contributed by atoms with Gasteiger partial charge in [-0.15, -0.1) is 0 Å². The van der Waals surface area contributed by atoms with E-state index >= 15 is 0 Å². The zero-order valence-corrected chi connectivity index (χ0v) is 19.6. The van der Waals surface area contributed by atoms with Crippen LogP contribution in [0.3, 0.4) is 0 Å². The van der Waals surface area contributed by atoms with Crippen molar-refractivity contribution in [1.82, 2.24) is 10.0 Å². The smallest absolute Gasteiger partial charge is 0.274 e. The van der Waals surface area contributed by atoms with E-state index in [2.05, 4.69) is 0 Å². The van der Waals surface area contributed by atoms with Gasteiger partial charge in [0.15, 0.2) is 5.78 Å². The summed E-state index contributed by atoms with van der Waals surface area (Å²) in [6.07, 6.45) is 4.68. The van der Waals surface area contributed by atoms with Gasteiger partial charge in [0.05, 0.1) is 29.5 Å². The molecule has 174 valence electrons. The second kappa shape index (κ2) is 8.56. The molecule has 0 spiro atoms. The van der Waals surface area contributed by atoms with Gasteiger partial charge in [0.25, 0.3) is 17.7 Å². The first-order valence-corrected chi connectivity index (χ1v) is 11.6. The lowest BCUT2D eigenvalue weighted by atomic mass is 9.85. The van der Waals surface area contributed by atoms with Crippen molar-refractivity contribution >= 4 is 46.7 Å². The van der Waals surface area contributed by atoms with Crippen LogP contribution in [0.15, 0.2) is 54.6 Å². The summed E-state index contributed by atoms with van der Waals surface area (Å²) >= 11 is 12.2. The van der Waals surface area contributed by atoms with Crippen LogP contribution in [0.2, 0.25) is 10.0 Å². The second-order valence-corrected chi connectivity index (χ2v) is 9.47. The van der Waals surface area contributed by atoms with Gasteiger partial charge in [-0.3, -0.25) is 19.2 Å². The molecule has 0 aromatic heterocycles. The molecular formula is C25H20Cl2N2O5. The fourth-order valence-corrected chi connectivity index (χ4v) is 5.65. The predicted molar refractivity (Wildman–Crippen MR) is 124 cm³/mol. The minimum Gasteiger partial charge on any atom is -0.497 e. The predicted octanol–water partition coefficient (Wildman–Crippen LogP) is 4.05. The first-order valence-electron chi connectivity index (χ1n) is 10.8. The molecule has 9 heteroatoms. The van der Waals surface area contributed by atoms with E-state index in [1.807, 2.05) is 12.2 Å². The van der Waals surface area contributed by atoms with Gasteiger partial charge in [0.1, 0.15) is 12.3 Å². The molecular weight excluding hydrogens is 479 g/mol. The van der Waals surface area contributed by atoms with E-state index in [0.717, 1.165) is 16.4 Å². The van der Waals surface area contributed by atoms with Gasteiger partial charge in [-0.05, 0) is 60.7 Å². The maximum Gasteiger partial charge on any atom is 0.274 e. The molecule has 2 aromatic rings. The molecule has 34 heavy (non-hydrogen) atoms. The number of carbonyl (C=O) groups is 4. The van der Waals surface area contributed by atoms with Crippen molar-refractivity contribution in [1.29, 1.82) is 0 Å². The Morgan fingerprint density at radius 3 is 2.18 bits per heavy atom. The quantitative estimate of drug-likeness (QED) is 0.340. The average Bonchev–Trinajstić information content (AvgIpc) is 3.51. The van der Waals surface area contributed by atoms with E-state index in [1.165, 1.54) is 25.3 Å². The summed E-state index contributed by atoms with van der Waals surface area (Å²) in [7, 11) is 1.51. The average molecular weight is 499 g/mol. The zero-order valence-electron chi connectivity index (χ0n) is 18.1. The van der Waals surface area contributed by atoms with Crippen LogP contribution in [0.5, 0.6) is 5.75 Å². The number of hydrogen-bond acceptors (Lipinski definition) is 5. The number of benzene rings is 2. The van der Waals surface area contributed by atoms with Gasteiger partial charge in [-0.1, -0.05) is 35.4 Å². The Bertz CT molecular complexity index is 1210. The van der Waals surface area contributed by atoms with Crippen molar-refractivity contribution < 1.29 is 23.9 Å². The van der Waals surface area contributed by atoms with Crippen molar-refractivity contribution in [2.75, 3.05) is 13.7 Å². The Labute approximate surface area is 205 Å². The third-order valence-electron chi connectivity index (χ3n) is 6.79. The van der Waals surface area contributed by atoms with Gasteiger partial charge in [-0.25, -0.2) is 5.01 Å². The summed E-state index contributed by atoms with van der Waals surface area (Å²) in [4.78, 5) is 53.5. The number of allylic oxidation sites excluding steroid dienone is 2. The minimum absolute atomic E-state index is 0.0346. The van der Waals surface area contributed by atoms with Crippen LogP contribution in [0.25, 0.3) is 0 Å². The van der Waals surface area contributed by atoms with Crippen molar-refractivity contribution in [3.05, 3.63) is 75.8 Å². The summed E-state index contributed by atoms with van der Waals surface area (Å²) < 4.78 is 5.12. The molecule has 2 bridgehead atoms. The Hall–Kier alpha value is -3.16. The third kappa shape index (κ3) is 3.60. The van der Waals surface area contributed by atoms with Crippen molar-refractivity contribution in [2.45, 2.75) is 6.42 Å². The third-order valence-corrected chi connectivity index (χ3v) is 7.34. The topological polar surface area (TPSA) is 84.0 Å². The van der Waals surface area contributed by atoms with Crippen LogP contribution in [0.1, 0.15) is 27.1 Å². The lowest BCUT2D eigenvalue weighted by Crippen LogP contribution is -2.52. The number of hydrazine groups is 1. The number of hydrogen-bond donors (Lipinski definition) is 0. The maximum absolute atomic E-state index is 13.6. The number of fused-ring (bicyclic) bond motifs is 5.